The fourth-order valence-electron chi connectivity index (χ4n) is 0.474. The predicted molar refractivity (Wildman–Crippen MR) is 28.4 cm³/mol. The second-order valence-corrected chi connectivity index (χ2v) is 1.74. The number of hydrogen-bond acceptors (Lipinski definition) is 5. The molecule has 5 heteroatoms. The van der Waals surface area contributed by atoms with E-state index in [-0.39, 0.29) is 6.29 Å². The highest BCUT2D eigenvalue weighted by molar-refractivity contribution is 4.55. The van der Waals surface area contributed by atoms with Gasteiger partial charge in [0.05, 0.1) is 0 Å². The third kappa shape index (κ3) is 0.604. The van der Waals surface area contributed by atoms with E-state index in [9.17, 15) is 0 Å². The Kier molecular flexibility index (Phi) is 1.05. The maximum atomic E-state index is 5.49. The quantitative estimate of drug-likeness (QED) is 0.458. The summed E-state index contributed by atoms with van der Waals surface area (Å²) >= 11 is 0. The maximum Gasteiger partial charge on any atom is 0.188 e. The van der Waals surface area contributed by atoms with Crippen LogP contribution < -0.4 is 5.73 Å². The van der Waals surface area contributed by atoms with Crippen molar-refractivity contribution in [1.29, 1.82) is 0 Å². The molecule has 0 fully saturated rings. The van der Waals surface area contributed by atoms with E-state index in [2.05, 4.69) is 10.4 Å². The minimum Gasteiger partial charge on any atom is -0.291 e. The van der Waals surface area contributed by atoms with Crippen LogP contribution in [-0.4, -0.2) is 30.4 Å². The Balaban J connectivity index is 2.55. The Hall–Kier alpha value is -0.840. The van der Waals surface area contributed by atoms with Crippen LogP contribution in [-0.2, 0) is 0 Å². The van der Waals surface area contributed by atoms with E-state index in [0.29, 0.717) is 0 Å². The molecule has 1 rings (SSSR count). The van der Waals surface area contributed by atoms with Gasteiger partial charge in [-0.3, -0.25) is 5.73 Å². The molecule has 0 saturated heterocycles. The largest absolute Gasteiger partial charge is 0.291 e. The van der Waals surface area contributed by atoms with Crippen LogP contribution in [0, 0.1) is 0 Å². The first-order valence-electron chi connectivity index (χ1n) is 2.34. The van der Waals surface area contributed by atoms with Gasteiger partial charge in [-0.15, -0.1) is 0 Å². The van der Waals surface area contributed by atoms with Crippen LogP contribution >= 0.6 is 0 Å². The second-order valence-electron chi connectivity index (χ2n) is 1.74. The summed E-state index contributed by atoms with van der Waals surface area (Å²) in [5.41, 5.74) is 5.49. The highest BCUT2D eigenvalue weighted by atomic mass is 15.8. The highest BCUT2D eigenvalue weighted by Crippen LogP contribution is 2.04. The molecule has 2 N–H and O–H groups in total. The summed E-state index contributed by atoms with van der Waals surface area (Å²) in [7, 11) is 3.55. The molecule has 0 spiro atoms. The van der Waals surface area contributed by atoms with Crippen molar-refractivity contribution in [2.75, 3.05) is 14.1 Å². The first-order chi connectivity index (χ1) is 3.72. The zero-order valence-corrected chi connectivity index (χ0v) is 4.94. The molecule has 46 valence electrons. The molecule has 8 heavy (non-hydrogen) atoms. The van der Waals surface area contributed by atoms with Crippen LogP contribution in [0.4, 0.5) is 0 Å². The molecular formula is C3H9N5. The Bertz CT molecular complexity index is 98.2. The van der Waals surface area contributed by atoms with E-state index >= 15 is 0 Å². The molecule has 0 unspecified atom stereocenters. The Labute approximate surface area is 47.7 Å². The average Bonchev–Trinajstić information content (AvgIpc) is 1.98. The van der Waals surface area contributed by atoms with Crippen molar-refractivity contribution in [2.24, 2.45) is 16.2 Å². The maximum absolute atomic E-state index is 5.49. The number of rotatable bonds is 0. The van der Waals surface area contributed by atoms with Gasteiger partial charge < -0.3 is 0 Å². The molecule has 1 heterocycles. The van der Waals surface area contributed by atoms with Gasteiger partial charge in [0, 0.05) is 14.1 Å². The number of hydrogen-bond donors (Lipinski definition) is 1. The van der Waals surface area contributed by atoms with Gasteiger partial charge in [0.2, 0.25) is 0 Å². The molecule has 5 nitrogen and oxygen atoms in total. The van der Waals surface area contributed by atoms with Crippen molar-refractivity contribution in [3.05, 3.63) is 0 Å². The van der Waals surface area contributed by atoms with Crippen LogP contribution in [0.25, 0.3) is 0 Å². The summed E-state index contributed by atoms with van der Waals surface area (Å²) < 4.78 is 0. The molecule has 0 radical (unpaired) electrons. The van der Waals surface area contributed by atoms with Gasteiger partial charge in [-0.05, 0) is 0 Å². The molecule has 1 aliphatic rings. The molecular weight excluding hydrogens is 106 g/mol. The summed E-state index contributed by atoms with van der Waals surface area (Å²) in [5, 5.41) is 10.5. The second kappa shape index (κ2) is 1.59. The summed E-state index contributed by atoms with van der Waals surface area (Å²) in [4.78, 5) is 0. The van der Waals surface area contributed by atoms with Crippen LogP contribution in [0.15, 0.2) is 10.4 Å². The van der Waals surface area contributed by atoms with Crippen molar-refractivity contribution in [3.8, 4) is 0 Å². The molecule has 0 aromatic carbocycles. The van der Waals surface area contributed by atoms with Gasteiger partial charge in [0.1, 0.15) is 0 Å². The van der Waals surface area contributed by atoms with Crippen molar-refractivity contribution in [3.63, 3.8) is 0 Å². The smallest absolute Gasteiger partial charge is 0.188 e. The summed E-state index contributed by atoms with van der Waals surface area (Å²) in [6, 6.07) is 0. The molecule has 1 aliphatic heterocycles. The van der Waals surface area contributed by atoms with Gasteiger partial charge in [-0.25, -0.2) is 10.0 Å². The molecule has 0 amide bonds. The van der Waals surface area contributed by atoms with Crippen LogP contribution in [0.3, 0.4) is 0 Å². The Morgan fingerprint density at radius 2 is 1.62 bits per heavy atom. The fourth-order valence-corrected chi connectivity index (χ4v) is 0.474. The van der Waals surface area contributed by atoms with Gasteiger partial charge in [-0.2, -0.15) is 0 Å². The molecule has 0 aromatic heterocycles. The van der Waals surface area contributed by atoms with Crippen molar-refractivity contribution in [1.82, 2.24) is 10.0 Å². The van der Waals surface area contributed by atoms with Crippen molar-refractivity contribution >= 4 is 0 Å². The zero-order valence-electron chi connectivity index (χ0n) is 4.94. The van der Waals surface area contributed by atoms with Crippen molar-refractivity contribution < 1.29 is 0 Å². The van der Waals surface area contributed by atoms with E-state index in [4.69, 9.17) is 5.73 Å². The monoisotopic (exact) mass is 115 g/mol. The third-order valence-electron chi connectivity index (χ3n) is 1.09. The molecule has 0 saturated carbocycles. The average molecular weight is 115 g/mol. The van der Waals surface area contributed by atoms with Crippen LogP contribution in [0.2, 0.25) is 0 Å². The normalized spacial score (nSPS) is 20.9. The van der Waals surface area contributed by atoms with Gasteiger partial charge in [0.15, 0.2) is 6.29 Å². The highest BCUT2D eigenvalue weighted by Gasteiger charge is 2.17. The Morgan fingerprint density at radius 1 is 1.25 bits per heavy atom. The predicted octanol–water partition coefficient (Wildman–Crippen LogP) is -0.612. The van der Waals surface area contributed by atoms with E-state index in [1.807, 2.05) is 0 Å². The molecule has 0 bridgehead atoms. The summed E-state index contributed by atoms with van der Waals surface area (Å²) in [6.45, 7) is 0. The minimum absolute atomic E-state index is 0.185. The minimum atomic E-state index is -0.185. The van der Waals surface area contributed by atoms with Crippen LogP contribution in [0.5, 0.6) is 0 Å². The first-order valence-corrected chi connectivity index (χ1v) is 2.34. The lowest BCUT2D eigenvalue weighted by Crippen LogP contribution is -2.41. The topological polar surface area (TPSA) is 57.2 Å². The van der Waals surface area contributed by atoms with E-state index in [1.54, 1.807) is 24.1 Å². The molecule has 0 aromatic rings. The van der Waals surface area contributed by atoms with E-state index in [0.717, 1.165) is 0 Å². The Morgan fingerprint density at radius 3 is 1.75 bits per heavy atom. The lowest BCUT2D eigenvalue weighted by atomic mass is 10.8. The molecule has 0 atom stereocenters. The van der Waals surface area contributed by atoms with E-state index < -0.39 is 0 Å². The number of nitrogens with zero attached hydrogens (tertiary/aromatic N) is 4. The first kappa shape index (κ1) is 5.30. The zero-order chi connectivity index (χ0) is 6.15. The molecule has 0 aliphatic carbocycles. The van der Waals surface area contributed by atoms with Crippen LogP contribution in [0.1, 0.15) is 0 Å². The van der Waals surface area contributed by atoms with Crippen molar-refractivity contribution in [2.45, 2.75) is 6.29 Å². The number of nitrogens with two attached hydrogens (primary N) is 1. The SMILES string of the molecule is CN1N=NN(C)C1N. The standard InChI is InChI=1S/C3H9N5/c1-7-3(4)8(2)6-5-7/h3H,4H2,1-2H3. The lowest BCUT2D eigenvalue weighted by Gasteiger charge is -2.16. The van der Waals surface area contributed by atoms with Gasteiger partial charge in [-0.1, -0.05) is 10.4 Å². The summed E-state index contributed by atoms with van der Waals surface area (Å²) in [5.74, 6) is 0. The third-order valence-corrected chi connectivity index (χ3v) is 1.09. The van der Waals surface area contributed by atoms with Gasteiger partial charge >= 0.3 is 0 Å². The van der Waals surface area contributed by atoms with E-state index in [1.165, 1.54) is 0 Å². The fraction of sp³-hybridized carbons (Fsp3) is 1.00. The van der Waals surface area contributed by atoms with Gasteiger partial charge in [0.25, 0.3) is 0 Å². The summed E-state index contributed by atoms with van der Waals surface area (Å²) in [6.07, 6.45) is -0.185. The lowest BCUT2D eigenvalue weighted by molar-refractivity contribution is 0.162.